The molecule has 0 aliphatic heterocycles. The van der Waals surface area contributed by atoms with Gasteiger partial charge < -0.3 is 10.6 Å². The Morgan fingerprint density at radius 3 is 2.02 bits per heavy atom. The lowest BCUT2D eigenvalue weighted by Crippen LogP contribution is -2.19. The van der Waals surface area contributed by atoms with Gasteiger partial charge >= 0.3 is 0 Å². The lowest BCUT2D eigenvalue weighted by atomic mass is 10.1. The number of rotatable bonds is 8. The van der Waals surface area contributed by atoms with E-state index in [1.807, 2.05) is 115 Å². The molecule has 2 N–H and O–H groups in total. The third-order valence-electron chi connectivity index (χ3n) is 7.50. The van der Waals surface area contributed by atoms with E-state index >= 15 is 0 Å². The summed E-state index contributed by atoms with van der Waals surface area (Å²) in [6.45, 7) is 0. The van der Waals surface area contributed by atoms with Crippen LogP contribution in [0.2, 0.25) is 0 Å². The summed E-state index contributed by atoms with van der Waals surface area (Å²) in [4.78, 5) is 32.3. The standard InChI is InChI=1S/C38H27N3O2S2/c42-36(31-17-15-26-9-5-7-13-29(26)23-31)39-32-18-20-33(21-19-32)45-35(27-10-2-1-3-11-27)37(43)41-38-40-34(24-44-38)30-16-14-25-8-4-6-12-28(25)22-30/h1-24,35H,(H,39,42)(H,40,41,43). The molecule has 7 heteroatoms. The quantitative estimate of drug-likeness (QED) is 0.166. The molecule has 7 aromatic rings. The second kappa shape index (κ2) is 12.8. The smallest absolute Gasteiger partial charge is 0.255 e. The highest BCUT2D eigenvalue weighted by Crippen LogP contribution is 2.37. The Morgan fingerprint density at radius 2 is 1.29 bits per heavy atom. The van der Waals surface area contributed by atoms with Crippen LogP contribution in [0.4, 0.5) is 10.8 Å². The maximum absolute atomic E-state index is 13.7. The molecule has 0 aliphatic carbocycles. The first-order chi connectivity index (χ1) is 22.1. The molecule has 45 heavy (non-hydrogen) atoms. The Kier molecular flexibility index (Phi) is 8.10. The van der Waals surface area contributed by atoms with Gasteiger partial charge in [0.15, 0.2) is 5.13 Å². The van der Waals surface area contributed by atoms with E-state index in [9.17, 15) is 9.59 Å². The summed E-state index contributed by atoms with van der Waals surface area (Å²) in [7, 11) is 0. The number of benzene rings is 6. The minimum Gasteiger partial charge on any atom is -0.322 e. The third kappa shape index (κ3) is 6.50. The van der Waals surface area contributed by atoms with E-state index in [2.05, 4.69) is 41.0 Å². The first-order valence-corrected chi connectivity index (χ1v) is 16.2. The monoisotopic (exact) mass is 621 g/mol. The second-order valence-corrected chi connectivity index (χ2v) is 12.6. The van der Waals surface area contributed by atoms with Gasteiger partial charge in [-0.2, -0.15) is 0 Å². The van der Waals surface area contributed by atoms with Crippen LogP contribution >= 0.6 is 23.1 Å². The third-order valence-corrected chi connectivity index (χ3v) is 9.52. The molecule has 0 fully saturated rings. The van der Waals surface area contributed by atoms with E-state index in [0.29, 0.717) is 16.4 Å². The van der Waals surface area contributed by atoms with E-state index in [4.69, 9.17) is 4.98 Å². The summed E-state index contributed by atoms with van der Waals surface area (Å²) in [5, 5.41) is 12.5. The van der Waals surface area contributed by atoms with E-state index in [0.717, 1.165) is 37.9 Å². The molecule has 6 aromatic carbocycles. The summed E-state index contributed by atoms with van der Waals surface area (Å²) in [6, 6.07) is 45.4. The fourth-order valence-electron chi connectivity index (χ4n) is 5.17. The number of amides is 2. The zero-order valence-corrected chi connectivity index (χ0v) is 25.6. The summed E-state index contributed by atoms with van der Waals surface area (Å²) >= 11 is 2.86. The highest BCUT2D eigenvalue weighted by atomic mass is 32.2. The molecule has 1 atom stereocenters. The number of thioether (sulfide) groups is 1. The van der Waals surface area contributed by atoms with Crippen molar-refractivity contribution in [3.63, 3.8) is 0 Å². The van der Waals surface area contributed by atoms with Crippen molar-refractivity contribution in [1.82, 2.24) is 4.98 Å². The van der Waals surface area contributed by atoms with Gasteiger partial charge in [0, 0.05) is 27.1 Å². The van der Waals surface area contributed by atoms with Crippen molar-refractivity contribution < 1.29 is 9.59 Å². The SMILES string of the molecule is O=C(Nc1ccc(SC(C(=O)Nc2nc(-c3ccc4ccccc4c3)cs2)c2ccccc2)cc1)c1ccc2ccccc2c1. The van der Waals surface area contributed by atoms with Gasteiger partial charge in [-0.1, -0.05) is 97.1 Å². The number of fused-ring (bicyclic) bond motifs is 2. The van der Waals surface area contributed by atoms with E-state index < -0.39 is 5.25 Å². The van der Waals surface area contributed by atoms with Crippen LogP contribution in [-0.2, 0) is 4.79 Å². The molecule has 218 valence electrons. The lowest BCUT2D eigenvalue weighted by Gasteiger charge is -2.16. The molecular weight excluding hydrogens is 595 g/mol. The number of nitrogens with one attached hydrogen (secondary N) is 2. The number of aromatic nitrogens is 1. The van der Waals surface area contributed by atoms with Crippen molar-refractivity contribution in [2.24, 2.45) is 0 Å². The topological polar surface area (TPSA) is 71.1 Å². The lowest BCUT2D eigenvalue weighted by molar-refractivity contribution is -0.115. The van der Waals surface area contributed by atoms with Gasteiger partial charge in [0.2, 0.25) is 5.91 Å². The zero-order valence-electron chi connectivity index (χ0n) is 24.0. The largest absolute Gasteiger partial charge is 0.322 e. The van der Waals surface area contributed by atoms with Crippen molar-refractivity contribution in [3.8, 4) is 11.3 Å². The average Bonchev–Trinajstić information content (AvgIpc) is 3.56. The van der Waals surface area contributed by atoms with Gasteiger partial charge in [-0.3, -0.25) is 9.59 Å². The first kappa shape index (κ1) is 28.5. The molecule has 1 aromatic heterocycles. The molecule has 2 amide bonds. The Morgan fingerprint density at radius 1 is 0.644 bits per heavy atom. The number of thiazole rings is 1. The zero-order chi connectivity index (χ0) is 30.6. The fourth-order valence-corrected chi connectivity index (χ4v) is 6.92. The van der Waals surface area contributed by atoms with Crippen LogP contribution in [0, 0.1) is 0 Å². The molecule has 7 rings (SSSR count). The maximum Gasteiger partial charge on any atom is 0.255 e. The molecule has 0 bridgehead atoms. The van der Waals surface area contributed by atoms with Crippen molar-refractivity contribution >= 4 is 67.3 Å². The molecule has 0 saturated carbocycles. The Bertz CT molecular complexity index is 2140. The van der Waals surface area contributed by atoms with E-state index in [1.54, 1.807) is 0 Å². The van der Waals surface area contributed by atoms with Gasteiger partial charge in [0.25, 0.3) is 5.91 Å². The van der Waals surface area contributed by atoms with Crippen LogP contribution in [0.15, 0.2) is 150 Å². The minimum absolute atomic E-state index is 0.153. The highest BCUT2D eigenvalue weighted by molar-refractivity contribution is 8.00. The van der Waals surface area contributed by atoms with Crippen molar-refractivity contribution in [2.75, 3.05) is 10.6 Å². The number of hydrogen-bond donors (Lipinski definition) is 2. The van der Waals surface area contributed by atoms with E-state index in [-0.39, 0.29) is 11.8 Å². The summed E-state index contributed by atoms with van der Waals surface area (Å²) in [5.74, 6) is -0.325. The van der Waals surface area contributed by atoms with Crippen molar-refractivity contribution in [3.05, 3.63) is 156 Å². The number of anilines is 2. The summed E-state index contributed by atoms with van der Waals surface area (Å²) in [5.41, 5.74) is 4.00. The average molecular weight is 622 g/mol. The highest BCUT2D eigenvalue weighted by Gasteiger charge is 2.23. The van der Waals surface area contributed by atoms with Gasteiger partial charge in [0.1, 0.15) is 5.25 Å². The number of carbonyl (C=O) groups excluding carboxylic acids is 2. The normalized spacial score (nSPS) is 11.7. The predicted octanol–water partition coefficient (Wildman–Crippen LogP) is 9.84. The summed E-state index contributed by atoms with van der Waals surface area (Å²) < 4.78 is 0. The molecule has 1 unspecified atom stereocenters. The van der Waals surface area contributed by atoms with Crippen molar-refractivity contribution in [1.29, 1.82) is 0 Å². The summed E-state index contributed by atoms with van der Waals surface area (Å²) in [6.07, 6.45) is 0. The van der Waals surface area contributed by atoms with Crippen LogP contribution in [0.5, 0.6) is 0 Å². The molecular formula is C38H27N3O2S2. The molecule has 0 spiro atoms. The Hall–Kier alpha value is -5.24. The van der Waals surface area contributed by atoms with Crippen LogP contribution in [-0.4, -0.2) is 16.8 Å². The van der Waals surface area contributed by atoms with Crippen molar-refractivity contribution in [2.45, 2.75) is 10.1 Å². The Balaban J connectivity index is 1.05. The minimum atomic E-state index is -0.503. The molecule has 1 heterocycles. The molecule has 0 aliphatic rings. The van der Waals surface area contributed by atoms with Gasteiger partial charge in [-0.05, 0) is 69.6 Å². The number of nitrogens with zero attached hydrogens (tertiary/aromatic N) is 1. The first-order valence-electron chi connectivity index (χ1n) is 14.5. The van der Waals surface area contributed by atoms with Crippen LogP contribution in [0.3, 0.4) is 0 Å². The van der Waals surface area contributed by atoms with Crippen LogP contribution in [0.25, 0.3) is 32.8 Å². The number of carbonyl (C=O) groups is 2. The molecule has 5 nitrogen and oxygen atoms in total. The van der Waals surface area contributed by atoms with Crippen LogP contribution < -0.4 is 10.6 Å². The number of hydrogen-bond acceptors (Lipinski definition) is 5. The van der Waals surface area contributed by atoms with Gasteiger partial charge in [-0.15, -0.1) is 23.1 Å². The molecule has 0 saturated heterocycles. The Labute approximate surface area is 269 Å². The van der Waals surface area contributed by atoms with Gasteiger partial charge in [-0.25, -0.2) is 4.98 Å². The van der Waals surface area contributed by atoms with Gasteiger partial charge in [0.05, 0.1) is 5.69 Å². The fraction of sp³-hybridized carbons (Fsp3) is 0.0263. The second-order valence-electron chi connectivity index (χ2n) is 10.5. The van der Waals surface area contributed by atoms with Crippen LogP contribution in [0.1, 0.15) is 21.2 Å². The predicted molar refractivity (Wildman–Crippen MR) is 187 cm³/mol. The maximum atomic E-state index is 13.7. The molecule has 0 radical (unpaired) electrons. The van der Waals surface area contributed by atoms with E-state index in [1.165, 1.54) is 28.5 Å².